The van der Waals surface area contributed by atoms with Gasteiger partial charge in [0.05, 0.1) is 12.7 Å². The molecule has 1 amide bonds. The maximum Gasteiger partial charge on any atom is 0.338 e. The zero-order valence-corrected chi connectivity index (χ0v) is 16.4. The van der Waals surface area contributed by atoms with Gasteiger partial charge in [0.1, 0.15) is 17.5 Å². The fourth-order valence-corrected chi connectivity index (χ4v) is 2.71. The van der Waals surface area contributed by atoms with Crippen LogP contribution >= 0.6 is 0 Å². The van der Waals surface area contributed by atoms with Crippen LogP contribution in [0.25, 0.3) is 0 Å². The minimum Gasteiger partial charge on any atom is -0.496 e. The van der Waals surface area contributed by atoms with E-state index < -0.39 is 12.1 Å². The molecule has 0 aliphatic carbocycles. The highest BCUT2D eigenvalue weighted by molar-refractivity contribution is 5.96. The lowest BCUT2D eigenvalue weighted by molar-refractivity contribution is 0.0189. The van der Waals surface area contributed by atoms with Gasteiger partial charge in [-0.2, -0.15) is 0 Å². The smallest absolute Gasteiger partial charge is 0.338 e. The van der Waals surface area contributed by atoms with Crippen molar-refractivity contribution in [1.82, 2.24) is 10.3 Å². The highest BCUT2D eigenvalue weighted by Crippen LogP contribution is 2.36. The number of hydrogen-bond acceptors (Lipinski definition) is 5. The molecule has 1 unspecified atom stereocenters. The Kier molecular flexibility index (Phi) is 6.55. The lowest BCUT2D eigenvalue weighted by Gasteiger charge is -2.27. The molecule has 0 saturated heterocycles. The van der Waals surface area contributed by atoms with Gasteiger partial charge in [0, 0.05) is 18.8 Å². The number of benzene rings is 1. The number of ether oxygens (including phenoxy) is 2. The van der Waals surface area contributed by atoms with E-state index in [2.05, 4.69) is 31.1 Å². The molecule has 1 aromatic carbocycles. The summed E-state index contributed by atoms with van der Waals surface area (Å²) < 4.78 is 11.3. The molecule has 0 fully saturated rings. The molecular formula is C21H26N2O4. The monoisotopic (exact) mass is 370 g/mol. The Balaban J connectivity index is 2.32. The quantitative estimate of drug-likeness (QED) is 0.783. The number of amides is 1. The van der Waals surface area contributed by atoms with Gasteiger partial charge >= 0.3 is 5.97 Å². The van der Waals surface area contributed by atoms with E-state index in [4.69, 9.17) is 9.47 Å². The Hall–Kier alpha value is -2.89. The summed E-state index contributed by atoms with van der Waals surface area (Å²) in [6, 6.07) is 10.5. The lowest BCUT2D eigenvalue weighted by Crippen LogP contribution is -2.21. The largest absolute Gasteiger partial charge is 0.496 e. The van der Waals surface area contributed by atoms with E-state index in [1.54, 1.807) is 7.11 Å². The minimum absolute atomic E-state index is 0.0721. The van der Waals surface area contributed by atoms with Crippen molar-refractivity contribution in [3.63, 3.8) is 0 Å². The topological polar surface area (TPSA) is 77.5 Å². The third-order valence-electron chi connectivity index (χ3n) is 3.99. The van der Waals surface area contributed by atoms with Crippen LogP contribution in [0.1, 0.15) is 59.7 Å². The number of esters is 1. The maximum atomic E-state index is 12.8. The molecule has 0 spiro atoms. The molecule has 6 nitrogen and oxygen atoms in total. The summed E-state index contributed by atoms with van der Waals surface area (Å²) in [6.07, 6.45) is 1.56. The number of hydrogen-bond donors (Lipinski definition) is 1. The molecule has 0 radical (unpaired) electrons. The number of carbonyl (C=O) groups excluding carboxylic acids is 2. The van der Waals surface area contributed by atoms with Crippen LogP contribution in [0.3, 0.4) is 0 Å². The summed E-state index contributed by atoms with van der Waals surface area (Å²) in [5, 5.41) is 2.49. The number of methoxy groups -OCH3 is 1. The molecule has 27 heavy (non-hydrogen) atoms. The first-order chi connectivity index (χ1) is 12.7. The summed E-state index contributed by atoms with van der Waals surface area (Å²) in [7, 11) is 3.10. The number of carbonyl (C=O) groups is 2. The van der Waals surface area contributed by atoms with Crippen molar-refractivity contribution in [1.29, 1.82) is 0 Å². The van der Waals surface area contributed by atoms with Crippen LogP contribution in [0.4, 0.5) is 0 Å². The van der Waals surface area contributed by atoms with Crippen LogP contribution in [0.5, 0.6) is 5.75 Å². The van der Waals surface area contributed by atoms with E-state index >= 15 is 0 Å². The Morgan fingerprint density at radius 1 is 1.19 bits per heavy atom. The van der Waals surface area contributed by atoms with Gasteiger partial charge in [-0.15, -0.1) is 0 Å². The zero-order valence-electron chi connectivity index (χ0n) is 16.4. The summed E-state index contributed by atoms with van der Waals surface area (Å²) >= 11 is 0. The molecular weight excluding hydrogens is 344 g/mol. The average Bonchev–Trinajstić information content (AvgIpc) is 2.65. The highest BCUT2D eigenvalue weighted by Gasteiger charge is 2.27. The van der Waals surface area contributed by atoms with Crippen LogP contribution in [-0.4, -0.2) is 31.0 Å². The second kappa shape index (κ2) is 8.66. The first-order valence-electron chi connectivity index (χ1n) is 8.77. The predicted octanol–water partition coefficient (Wildman–Crippen LogP) is 3.78. The number of nitrogens with one attached hydrogen (secondary N) is 1. The molecule has 1 N–H and O–H groups in total. The van der Waals surface area contributed by atoms with Crippen LogP contribution in [-0.2, 0) is 4.74 Å². The van der Waals surface area contributed by atoms with Gasteiger partial charge in [-0.25, -0.2) is 4.79 Å². The molecule has 6 heteroatoms. The maximum absolute atomic E-state index is 12.8. The molecule has 1 heterocycles. The first-order valence-corrected chi connectivity index (χ1v) is 8.77. The standard InChI is InChI=1S/C21H26N2O4/c1-21(2,3)13-18(15-8-6-7-9-17(15)26-5)27-20(25)14-10-11-23-16(12-14)19(24)22-4/h6-12,18H,13H2,1-5H3,(H,22,24). The Labute approximate surface area is 159 Å². The molecule has 0 saturated carbocycles. The van der Waals surface area contributed by atoms with E-state index in [0.29, 0.717) is 12.2 Å². The van der Waals surface area contributed by atoms with Gasteiger partial charge < -0.3 is 14.8 Å². The molecule has 2 rings (SSSR count). The van der Waals surface area contributed by atoms with Gasteiger partial charge in [-0.05, 0) is 30.0 Å². The van der Waals surface area contributed by atoms with Crippen molar-refractivity contribution in [3.8, 4) is 5.75 Å². The fourth-order valence-electron chi connectivity index (χ4n) is 2.71. The van der Waals surface area contributed by atoms with Gasteiger partial charge in [-0.1, -0.05) is 39.0 Å². The minimum atomic E-state index is -0.511. The van der Waals surface area contributed by atoms with Gasteiger partial charge in [0.15, 0.2) is 0 Å². The number of aromatic nitrogens is 1. The number of rotatable bonds is 6. The summed E-state index contributed by atoms with van der Waals surface area (Å²) in [5.41, 5.74) is 1.18. The van der Waals surface area contributed by atoms with Crippen molar-refractivity contribution in [3.05, 3.63) is 59.4 Å². The second-order valence-electron chi connectivity index (χ2n) is 7.41. The van der Waals surface area contributed by atoms with Crippen molar-refractivity contribution >= 4 is 11.9 Å². The second-order valence-corrected chi connectivity index (χ2v) is 7.41. The van der Waals surface area contributed by atoms with Gasteiger partial charge in [-0.3, -0.25) is 9.78 Å². The van der Waals surface area contributed by atoms with Crippen LogP contribution in [0, 0.1) is 5.41 Å². The van der Waals surface area contributed by atoms with Gasteiger partial charge in [0.25, 0.3) is 5.91 Å². The molecule has 0 aliphatic heterocycles. The van der Waals surface area contributed by atoms with Crippen molar-refractivity contribution in [2.45, 2.75) is 33.3 Å². The third-order valence-corrected chi connectivity index (χ3v) is 3.99. The molecule has 0 aliphatic rings. The Bertz CT molecular complexity index is 812. The number of para-hydroxylation sites is 1. The summed E-state index contributed by atoms with van der Waals surface area (Å²) in [6.45, 7) is 6.25. The van der Waals surface area contributed by atoms with E-state index in [1.165, 1.54) is 25.4 Å². The van der Waals surface area contributed by atoms with Crippen molar-refractivity contribution < 1.29 is 19.1 Å². The third kappa shape index (κ3) is 5.54. The van der Waals surface area contributed by atoms with Crippen LogP contribution in [0.15, 0.2) is 42.6 Å². The molecule has 1 atom stereocenters. The molecule has 144 valence electrons. The zero-order chi connectivity index (χ0) is 20.0. The fraction of sp³-hybridized carbons (Fsp3) is 0.381. The number of nitrogens with zero attached hydrogens (tertiary/aromatic N) is 1. The van der Waals surface area contributed by atoms with Crippen molar-refractivity contribution in [2.75, 3.05) is 14.2 Å². The molecule has 0 bridgehead atoms. The van der Waals surface area contributed by atoms with Crippen LogP contribution < -0.4 is 10.1 Å². The van der Waals surface area contributed by atoms with Gasteiger partial charge in [0.2, 0.25) is 0 Å². The lowest BCUT2D eigenvalue weighted by atomic mass is 9.86. The van der Waals surface area contributed by atoms with E-state index in [0.717, 1.165) is 5.56 Å². The van der Waals surface area contributed by atoms with Crippen LogP contribution in [0.2, 0.25) is 0 Å². The average molecular weight is 370 g/mol. The highest BCUT2D eigenvalue weighted by atomic mass is 16.5. The SMILES string of the molecule is CNC(=O)c1cc(C(=O)OC(CC(C)(C)C)c2ccccc2OC)ccn1. The van der Waals surface area contributed by atoms with Crippen molar-refractivity contribution in [2.24, 2.45) is 5.41 Å². The van der Waals surface area contributed by atoms with E-state index in [9.17, 15) is 9.59 Å². The molecule has 2 aromatic rings. The van der Waals surface area contributed by atoms with E-state index in [1.807, 2.05) is 24.3 Å². The Morgan fingerprint density at radius 2 is 1.89 bits per heavy atom. The first kappa shape index (κ1) is 20.4. The number of pyridine rings is 1. The van der Waals surface area contributed by atoms with E-state index in [-0.39, 0.29) is 22.6 Å². The normalized spacial score (nSPS) is 12.2. The summed E-state index contributed by atoms with van der Waals surface area (Å²) in [5.74, 6) is -0.205. The molecule has 1 aromatic heterocycles. The summed E-state index contributed by atoms with van der Waals surface area (Å²) in [4.78, 5) is 28.5. The Morgan fingerprint density at radius 3 is 2.52 bits per heavy atom. The predicted molar refractivity (Wildman–Crippen MR) is 103 cm³/mol.